The lowest BCUT2D eigenvalue weighted by Crippen LogP contribution is -2.29. The van der Waals surface area contributed by atoms with Gasteiger partial charge >= 0.3 is 0 Å². The minimum absolute atomic E-state index is 0.0513. The molecule has 26 heavy (non-hydrogen) atoms. The summed E-state index contributed by atoms with van der Waals surface area (Å²) in [7, 11) is 0. The molecule has 1 aromatic carbocycles. The van der Waals surface area contributed by atoms with E-state index >= 15 is 0 Å². The second kappa shape index (κ2) is 7.01. The highest BCUT2D eigenvalue weighted by Crippen LogP contribution is 2.28. The van der Waals surface area contributed by atoms with E-state index < -0.39 is 6.10 Å². The minimum Gasteiger partial charge on any atom is -0.467 e. The summed E-state index contributed by atoms with van der Waals surface area (Å²) in [5, 5.41) is 13.0. The van der Waals surface area contributed by atoms with Crippen LogP contribution >= 0.6 is 0 Å². The summed E-state index contributed by atoms with van der Waals surface area (Å²) in [4.78, 5) is 18.8. The summed E-state index contributed by atoms with van der Waals surface area (Å²) >= 11 is 0. The van der Waals surface area contributed by atoms with Crippen molar-refractivity contribution in [1.82, 2.24) is 4.98 Å². The van der Waals surface area contributed by atoms with Crippen LogP contribution in [-0.4, -0.2) is 29.1 Å². The molecule has 6 heteroatoms. The number of fused-ring (bicyclic) bond motifs is 1. The highest BCUT2D eigenvalue weighted by atomic mass is 16.4. The number of furan rings is 1. The number of para-hydroxylation sites is 1. The molecule has 3 aromatic rings. The molecule has 1 aliphatic heterocycles. The smallest absolute Gasteiger partial charge is 0.259 e. The molecule has 6 nitrogen and oxygen atoms in total. The Kier molecular flexibility index (Phi) is 4.41. The number of aromatic nitrogens is 1. The average Bonchev–Trinajstić information content (AvgIpc) is 3.36. The summed E-state index contributed by atoms with van der Waals surface area (Å²) < 4.78 is 5.16. The van der Waals surface area contributed by atoms with Crippen LogP contribution in [-0.2, 0) is 6.42 Å². The van der Waals surface area contributed by atoms with E-state index in [-0.39, 0.29) is 12.5 Å². The van der Waals surface area contributed by atoms with Crippen LogP contribution in [0.15, 0.2) is 65.4 Å². The molecule has 1 atom stereocenters. The third kappa shape index (κ3) is 3.19. The number of hydrogen-bond donors (Lipinski definition) is 2. The number of nitrogens with zero attached hydrogens (tertiary/aromatic N) is 2. The molecule has 2 aromatic heterocycles. The van der Waals surface area contributed by atoms with Gasteiger partial charge in [-0.15, -0.1) is 0 Å². The van der Waals surface area contributed by atoms with Gasteiger partial charge in [-0.25, -0.2) is 4.98 Å². The molecule has 0 saturated heterocycles. The van der Waals surface area contributed by atoms with Gasteiger partial charge in [0.2, 0.25) is 0 Å². The Hall–Kier alpha value is -3.12. The van der Waals surface area contributed by atoms with Crippen molar-refractivity contribution in [2.45, 2.75) is 12.5 Å². The Morgan fingerprint density at radius 3 is 2.88 bits per heavy atom. The molecule has 1 aliphatic rings. The number of rotatable bonds is 5. The molecule has 0 saturated carbocycles. The van der Waals surface area contributed by atoms with E-state index in [0.717, 1.165) is 12.1 Å². The fourth-order valence-corrected chi connectivity index (χ4v) is 3.11. The van der Waals surface area contributed by atoms with Gasteiger partial charge in [0.25, 0.3) is 5.91 Å². The van der Waals surface area contributed by atoms with Crippen molar-refractivity contribution >= 4 is 17.4 Å². The Balaban J connectivity index is 1.41. The monoisotopic (exact) mass is 349 g/mol. The van der Waals surface area contributed by atoms with Crippen LogP contribution in [0.3, 0.4) is 0 Å². The lowest BCUT2D eigenvalue weighted by Gasteiger charge is -2.17. The number of amides is 1. The maximum absolute atomic E-state index is 12.8. The first kappa shape index (κ1) is 16.4. The van der Waals surface area contributed by atoms with Crippen molar-refractivity contribution < 1.29 is 14.3 Å². The molecule has 0 unspecified atom stereocenters. The van der Waals surface area contributed by atoms with Crippen LogP contribution in [0.4, 0.5) is 11.5 Å². The second-order valence-electron chi connectivity index (χ2n) is 6.18. The Bertz CT molecular complexity index is 891. The molecule has 132 valence electrons. The maximum Gasteiger partial charge on any atom is 0.259 e. The number of anilines is 2. The van der Waals surface area contributed by atoms with Crippen molar-refractivity contribution in [2.75, 3.05) is 23.3 Å². The molecule has 0 fully saturated rings. The number of carbonyl (C=O) groups excluding carboxylic acids is 1. The predicted molar refractivity (Wildman–Crippen MR) is 98.2 cm³/mol. The van der Waals surface area contributed by atoms with Gasteiger partial charge in [0, 0.05) is 25.0 Å². The molecular formula is C20H19N3O3. The number of aliphatic hydroxyl groups is 1. The van der Waals surface area contributed by atoms with Crippen LogP contribution in [0.5, 0.6) is 0 Å². The summed E-state index contributed by atoms with van der Waals surface area (Å²) in [5.41, 5.74) is 2.71. The van der Waals surface area contributed by atoms with E-state index in [1.807, 2.05) is 18.2 Å². The normalized spacial score (nSPS) is 14.1. The maximum atomic E-state index is 12.8. The van der Waals surface area contributed by atoms with Crippen LogP contribution < -0.4 is 10.2 Å². The van der Waals surface area contributed by atoms with Crippen molar-refractivity contribution in [3.63, 3.8) is 0 Å². The fraction of sp³-hybridized carbons (Fsp3) is 0.200. The second-order valence-corrected chi connectivity index (χ2v) is 6.18. The molecule has 3 heterocycles. The largest absolute Gasteiger partial charge is 0.467 e. The molecule has 0 spiro atoms. The highest BCUT2D eigenvalue weighted by molar-refractivity contribution is 6.07. The lowest BCUT2D eigenvalue weighted by atomic mass is 10.2. The number of nitrogens with one attached hydrogen (secondary N) is 1. The molecule has 0 bridgehead atoms. The van der Waals surface area contributed by atoms with Gasteiger partial charge < -0.3 is 19.7 Å². The Labute approximate surface area is 151 Å². The van der Waals surface area contributed by atoms with Crippen molar-refractivity contribution in [3.05, 3.63) is 77.9 Å². The van der Waals surface area contributed by atoms with Crippen LogP contribution in [0.25, 0.3) is 0 Å². The number of pyridine rings is 1. The van der Waals surface area contributed by atoms with Gasteiger partial charge in [-0.3, -0.25) is 4.79 Å². The summed E-state index contributed by atoms with van der Waals surface area (Å²) in [6.45, 7) is 0.959. The van der Waals surface area contributed by atoms with Gasteiger partial charge in [0.05, 0.1) is 11.8 Å². The third-order valence-electron chi connectivity index (χ3n) is 4.49. The first-order valence-electron chi connectivity index (χ1n) is 8.53. The first-order valence-corrected chi connectivity index (χ1v) is 8.53. The zero-order valence-electron chi connectivity index (χ0n) is 14.1. The number of aliphatic hydroxyl groups excluding tert-OH is 1. The minimum atomic E-state index is -0.755. The third-order valence-corrected chi connectivity index (χ3v) is 4.49. The van der Waals surface area contributed by atoms with E-state index in [1.165, 1.54) is 11.8 Å². The molecule has 4 rings (SSSR count). The molecule has 1 amide bonds. The van der Waals surface area contributed by atoms with Crippen LogP contribution in [0.1, 0.15) is 27.8 Å². The first-order chi connectivity index (χ1) is 12.7. The summed E-state index contributed by atoms with van der Waals surface area (Å²) in [6.07, 6.45) is 3.20. The van der Waals surface area contributed by atoms with E-state index in [4.69, 9.17) is 4.42 Å². The number of hydrogen-bond acceptors (Lipinski definition) is 5. The zero-order valence-corrected chi connectivity index (χ0v) is 14.1. The molecule has 2 N–H and O–H groups in total. The molecule has 0 aliphatic carbocycles. The van der Waals surface area contributed by atoms with Crippen LogP contribution in [0.2, 0.25) is 0 Å². The standard InChI is InChI=1S/C20H19N3O3/c24-17(18-6-3-11-26-18)13-22-19-8-7-15(12-21-19)20(25)23-10-9-14-4-1-2-5-16(14)23/h1-8,11-12,17,24H,9-10,13H2,(H,21,22)/t17-/m1/s1. The SMILES string of the molecule is O=C(c1ccc(NC[C@@H](O)c2ccco2)nc1)N1CCc2ccccc21. The van der Waals surface area contributed by atoms with Crippen LogP contribution in [0, 0.1) is 0 Å². The van der Waals surface area contributed by atoms with E-state index in [0.29, 0.717) is 23.7 Å². The van der Waals surface area contributed by atoms with Crippen molar-refractivity contribution in [1.29, 1.82) is 0 Å². The van der Waals surface area contributed by atoms with Gasteiger partial charge in [-0.05, 0) is 42.3 Å². The van der Waals surface area contributed by atoms with E-state index in [9.17, 15) is 9.90 Å². The molecule has 0 radical (unpaired) electrons. The summed E-state index contributed by atoms with van der Waals surface area (Å²) in [6, 6.07) is 14.9. The van der Waals surface area contributed by atoms with Gasteiger partial charge in [0.15, 0.2) is 0 Å². The number of carbonyl (C=O) groups is 1. The predicted octanol–water partition coefficient (Wildman–Crippen LogP) is 3.02. The van der Waals surface area contributed by atoms with Gasteiger partial charge in [-0.2, -0.15) is 0 Å². The number of benzene rings is 1. The lowest BCUT2D eigenvalue weighted by molar-refractivity contribution is 0.0989. The molecular weight excluding hydrogens is 330 g/mol. The Morgan fingerprint density at radius 1 is 1.23 bits per heavy atom. The average molecular weight is 349 g/mol. The van der Waals surface area contributed by atoms with Gasteiger partial charge in [0.1, 0.15) is 17.7 Å². The fourth-order valence-electron chi connectivity index (χ4n) is 3.11. The van der Waals surface area contributed by atoms with E-state index in [2.05, 4.69) is 16.4 Å². The highest BCUT2D eigenvalue weighted by Gasteiger charge is 2.25. The Morgan fingerprint density at radius 2 is 2.12 bits per heavy atom. The topological polar surface area (TPSA) is 78.6 Å². The quantitative estimate of drug-likeness (QED) is 0.740. The summed E-state index contributed by atoms with van der Waals surface area (Å²) in [5.74, 6) is 1.04. The van der Waals surface area contributed by atoms with Crippen molar-refractivity contribution in [2.24, 2.45) is 0 Å². The van der Waals surface area contributed by atoms with Crippen molar-refractivity contribution in [3.8, 4) is 0 Å². The zero-order chi connectivity index (χ0) is 17.9. The van der Waals surface area contributed by atoms with E-state index in [1.54, 1.807) is 35.4 Å². The van der Waals surface area contributed by atoms with Gasteiger partial charge in [-0.1, -0.05) is 18.2 Å².